The van der Waals surface area contributed by atoms with E-state index in [-0.39, 0.29) is 5.82 Å². The fourth-order valence-corrected chi connectivity index (χ4v) is 2.79. The van der Waals surface area contributed by atoms with Gasteiger partial charge in [0.2, 0.25) is 0 Å². The first kappa shape index (κ1) is 14.3. The van der Waals surface area contributed by atoms with Crippen molar-refractivity contribution in [2.45, 2.75) is 31.8 Å². The van der Waals surface area contributed by atoms with Gasteiger partial charge in [-0.25, -0.2) is 4.39 Å². The van der Waals surface area contributed by atoms with E-state index in [0.29, 0.717) is 24.3 Å². The first-order valence-electron chi connectivity index (χ1n) is 7.05. The molecule has 1 aliphatic heterocycles. The lowest BCUT2D eigenvalue weighted by atomic mass is 10.1. The van der Waals surface area contributed by atoms with Gasteiger partial charge >= 0.3 is 0 Å². The highest BCUT2D eigenvalue weighted by molar-refractivity contribution is 5.48. The maximum absolute atomic E-state index is 13.9. The molecule has 19 heavy (non-hydrogen) atoms. The summed E-state index contributed by atoms with van der Waals surface area (Å²) in [6.45, 7) is 4.65. The Kier molecular flexibility index (Phi) is 4.77. The van der Waals surface area contributed by atoms with Crippen LogP contribution in [0.3, 0.4) is 0 Å². The lowest BCUT2D eigenvalue weighted by Gasteiger charge is -2.32. The highest BCUT2D eigenvalue weighted by Crippen LogP contribution is 2.24. The van der Waals surface area contributed by atoms with Crippen LogP contribution in [0, 0.1) is 5.82 Å². The number of halogens is 1. The number of benzene rings is 1. The standard InChI is InChI=1S/C15H24FN3/c1-12-8-10-19(11-13(7-9-17)18(12)2)15-6-4-3-5-14(15)16/h3-6,12-13H,7-11,17H2,1-2H3. The van der Waals surface area contributed by atoms with Crippen LogP contribution in [0.4, 0.5) is 10.1 Å². The highest BCUT2D eigenvalue weighted by atomic mass is 19.1. The summed E-state index contributed by atoms with van der Waals surface area (Å²) in [5.74, 6) is -0.133. The fraction of sp³-hybridized carbons (Fsp3) is 0.600. The Balaban J connectivity index is 2.20. The fourth-order valence-electron chi connectivity index (χ4n) is 2.79. The Bertz CT molecular complexity index is 410. The molecule has 106 valence electrons. The number of para-hydroxylation sites is 1. The molecule has 1 aromatic rings. The second-order valence-electron chi connectivity index (χ2n) is 5.43. The second-order valence-corrected chi connectivity index (χ2v) is 5.43. The molecule has 1 fully saturated rings. The Morgan fingerprint density at radius 3 is 2.79 bits per heavy atom. The number of rotatable bonds is 3. The van der Waals surface area contributed by atoms with Gasteiger partial charge in [-0.05, 0) is 45.5 Å². The quantitative estimate of drug-likeness (QED) is 0.908. The zero-order chi connectivity index (χ0) is 13.8. The Hall–Kier alpha value is -1.13. The minimum absolute atomic E-state index is 0.133. The van der Waals surface area contributed by atoms with Crippen molar-refractivity contribution in [2.75, 3.05) is 31.6 Å². The van der Waals surface area contributed by atoms with Crippen LogP contribution in [-0.2, 0) is 0 Å². The largest absolute Gasteiger partial charge is 0.368 e. The Labute approximate surface area is 115 Å². The number of hydrogen-bond acceptors (Lipinski definition) is 3. The van der Waals surface area contributed by atoms with Crippen LogP contribution in [0.1, 0.15) is 19.8 Å². The van der Waals surface area contributed by atoms with E-state index in [1.54, 1.807) is 6.07 Å². The van der Waals surface area contributed by atoms with E-state index < -0.39 is 0 Å². The van der Waals surface area contributed by atoms with E-state index in [0.717, 1.165) is 25.9 Å². The van der Waals surface area contributed by atoms with Gasteiger partial charge in [0.05, 0.1) is 5.69 Å². The van der Waals surface area contributed by atoms with Crippen molar-refractivity contribution in [2.24, 2.45) is 5.73 Å². The maximum Gasteiger partial charge on any atom is 0.146 e. The van der Waals surface area contributed by atoms with Crippen molar-refractivity contribution in [3.05, 3.63) is 30.1 Å². The average molecular weight is 265 g/mol. The minimum atomic E-state index is -0.133. The number of anilines is 1. The summed E-state index contributed by atoms with van der Waals surface area (Å²) in [6.07, 6.45) is 2.00. The zero-order valence-electron chi connectivity index (χ0n) is 11.8. The Morgan fingerprint density at radius 1 is 1.37 bits per heavy atom. The number of likely N-dealkylation sites (N-methyl/N-ethyl adjacent to an activating group) is 1. The molecule has 2 rings (SSSR count). The number of hydrogen-bond donors (Lipinski definition) is 1. The smallest absolute Gasteiger partial charge is 0.146 e. The minimum Gasteiger partial charge on any atom is -0.368 e. The molecule has 2 atom stereocenters. The molecule has 1 aromatic carbocycles. The molecule has 0 aliphatic carbocycles. The third kappa shape index (κ3) is 3.25. The van der Waals surface area contributed by atoms with Gasteiger partial charge in [-0.15, -0.1) is 0 Å². The van der Waals surface area contributed by atoms with Gasteiger partial charge in [0.1, 0.15) is 5.82 Å². The third-order valence-corrected chi connectivity index (χ3v) is 4.21. The van der Waals surface area contributed by atoms with Crippen LogP contribution in [0.15, 0.2) is 24.3 Å². The van der Waals surface area contributed by atoms with Gasteiger partial charge in [-0.3, -0.25) is 4.90 Å². The summed E-state index contributed by atoms with van der Waals surface area (Å²) in [6, 6.07) is 7.93. The van der Waals surface area contributed by atoms with Gasteiger partial charge < -0.3 is 10.6 Å². The molecule has 0 aromatic heterocycles. The topological polar surface area (TPSA) is 32.5 Å². The summed E-state index contributed by atoms with van der Waals surface area (Å²) < 4.78 is 13.9. The van der Waals surface area contributed by atoms with Gasteiger partial charge in [0.25, 0.3) is 0 Å². The van der Waals surface area contributed by atoms with Gasteiger partial charge in [0, 0.05) is 25.2 Å². The van der Waals surface area contributed by atoms with Crippen molar-refractivity contribution < 1.29 is 4.39 Å². The molecule has 1 heterocycles. The van der Waals surface area contributed by atoms with Crippen LogP contribution in [0.2, 0.25) is 0 Å². The van der Waals surface area contributed by atoms with E-state index in [9.17, 15) is 4.39 Å². The molecule has 0 bridgehead atoms. The number of nitrogens with zero attached hydrogens (tertiary/aromatic N) is 2. The summed E-state index contributed by atoms with van der Waals surface area (Å²) in [7, 11) is 2.15. The van der Waals surface area contributed by atoms with Crippen molar-refractivity contribution in [1.82, 2.24) is 4.90 Å². The molecule has 0 saturated carbocycles. The molecule has 0 amide bonds. The van der Waals surface area contributed by atoms with Gasteiger partial charge in [0.15, 0.2) is 0 Å². The van der Waals surface area contributed by atoms with Crippen molar-refractivity contribution in [3.8, 4) is 0 Å². The average Bonchev–Trinajstić information content (AvgIpc) is 2.54. The summed E-state index contributed by atoms with van der Waals surface area (Å²) in [5, 5.41) is 0. The van der Waals surface area contributed by atoms with Crippen LogP contribution in [0.25, 0.3) is 0 Å². The third-order valence-electron chi connectivity index (χ3n) is 4.21. The SMILES string of the molecule is CC1CCN(c2ccccc2F)CC(CCN)N1C. The van der Waals surface area contributed by atoms with Crippen molar-refractivity contribution >= 4 is 5.69 Å². The number of nitrogens with two attached hydrogens (primary N) is 1. The molecule has 0 spiro atoms. The van der Waals surface area contributed by atoms with E-state index >= 15 is 0 Å². The molecular weight excluding hydrogens is 241 g/mol. The predicted molar refractivity (Wildman–Crippen MR) is 77.9 cm³/mol. The van der Waals surface area contributed by atoms with Crippen molar-refractivity contribution in [1.29, 1.82) is 0 Å². The van der Waals surface area contributed by atoms with Crippen LogP contribution < -0.4 is 10.6 Å². The first-order chi connectivity index (χ1) is 9.13. The van der Waals surface area contributed by atoms with Crippen LogP contribution in [0.5, 0.6) is 0 Å². The molecule has 2 unspecified atom stereocenters. The lowest BCUT2D eigenvalue weighted by molar-refractivity contribution is 0.190. The molecule has 1 saturated heterocycles. The zero-order valence-corrected chi connectivity index (χ0v) is 11.8. The first-order valence-corrected chi connectivity index (χ1v) is 7.05. The summed E-state index contributed by atoms with van der Waals surface area (Å²) in [4.78, 5) is 4.55. The predicted octanol–water partition coefficient (Wildman–Crippen LogP) is 2.07. The highest BCUT2D eigenvalue weighted by Gasteiger charge is 2.27. The van der Waals surface area contributed by atoms with E-state index in [1.807, 2.05) is 12.1 Å². The Morgan fingerprint density at radius 2 is 2.11 bits per heavy atom. The summed E-state index contributed by atoms with van der Waals surface area (Å²) in [5.41, 5.74) is 6.43. The molecule has 2 N–H and O–H groups in total. The molecule has 0 radical (unpaired) electrons. The van der Waals surface area contributed by atoms with E-state index in [2.05, 4.69) is 23.8 Å². The van der Waals surface area contributed by atoms with Crippen molar-refractivity contribution in [3.63, 3.8) is 0 Å². The second kappa shape index (κ2) is 6.35. The maximum atomic E-state index is 13.9. The van der Waals surface area contributed by atoms with Crippen LogP contribution in [-0.4, -0.2) is 43.7 Å². The normalized spacial score (nSPS) is 25.4. The van der Waals surface area contributed by atoms with E-state index in [4.69, 9.17) is 5.73 Å². The molecule has 4 heteroatoms. The summed E-state index contributed by atoms with van der Waals surface area (Å²) >= 11 is 0. The molecule has 3 nitrogen and oxygen atoms in total. The van der Waals surface area contributed by atoms with Crippen LogP contribution >= 0.6 is 0 Å². The monoisotopic (exact) mass is 265 g/mol. The van der Waals surface area contributed by atoms with E-state index in [1.165, 1.54) is 6.07 Å². The lowest BCUT2D eigenvalue weighted by Crippen LogP contribution is -2.43. The molecular formula is C15H24FN3. The van der Waals surface area contributed by atoms with Gasteiger partial charge in [-0.1, -0.05) is 12.1 Å². The molecule has 1 aliphatic rings. The van der Waals surface area contributed by atoms with Gasteiger partial charge in [-0.2, -0.15) is 0 Å².